The number of benzene rings is 12. The Morgan fingerprint density at radius 3 is 1.05 bits per heavy atom. The summed E-state index contributed by atoms with van der Waals surface area (Å²) in [6.07, 6.45) is 0. The maximum atomic E-state index is 2.56. The van der Waals surface area contributed by atoms with E-state index in [1.54, 1.807) is 0 Å². The number of hydrogen-bond acceptors (Lipinski definition) is 1. The van der Waals surface area contributed by atoms with E-state index in [0.717, 1.165) is 17.1 Å². The van der Waals surface area contributed by atoms with E-state index in [4.69, 9.17) is 0 Å². The first-order chi connectivity index (χ1) is 28.3. The Bertz CT molecular complexity index is 3690. The normalized spacial score (nSPS) is 12.2. The molecule has 0 saturated carbocycles. The summed E-state index contributed by atoms with van der Waals surface area (Å²) in [4.78, 5) is 2.56. The van der Waals surface area contributed by atoms with Crippen molar-refractivity contribution in [2.75, 3.05) is 4.90 Å². The summed E-state index contributed by atoms with van der Waals surface area (Å²) in [6.45, 7) is 0. The van der Waals surface area contributed by atoms with E-state index in [9.17, 15) is 0 Å². The highest BCUT2D eigenvalue weighted by atomic mass is 15.1. The van der Waals surface area contributed by atoms with Crippen LogP contribution < -0.4 is 4.90 Å². The van der Waals surface area contributed by atoms with Crippen LogP contribution in [0, 0.1) is 0 Å². The van der Waals surface area contributed by atoms with E-state index in [2.05, 4.69) is 205 Å². The van der Waals surface area contributed by atoms with E-state index in [1.165, 1.54) is 108 Å². The Labute approximate surface area is 328 Å². The predicted molar refractivity (Wildman–Crippen MR) is 247 cm³/mol. The van der Waals surface area contributed by atoms with Crippen molar-refractivity contribution in [3.8, 4) is 0 Å². The molecule has 0 fully saturated rings. The number of nitrogens with zero attached hydrogens (tertiary/aromatic N) is 1. The molecular formula is C56H33N. The fourth-order valence-corrected chi connectivity index (χ4v) is 10.2. The Morgan fingerprint density at radius 2 is 0.561 bits per heavy atom. The van der Waals surface area contributed by atoms with Crippen LogP contribution in [0.3, 0.4) is 0 Å². The summed E-state index contributed by atoms with van der Waals surface area (Å²) < 4.78 is 0. The first kappa shape index (κ1) is 30.8. The van der Waals surface area contributed by atoms with Crippen molar-refractivity contribution in [1.29, 1.82) is 0 Å². The number of anilines is 3. The van der Waals surface area contributed by atoms with Gasteiger partial charge in [-0.2, -0.15) is 0 Å². The predicted octanol–water partition coefficient (Wildman–Crippen LogP) is 16.1. The third-order valence-electron chi connectivity index (χ3n) is 12.6. The van der Waals surface area contributed by atoms with Gasteiger partial charge in [0.2, 0.25) is 0 Å². The van der Waals surface area contributed by atoms with Crippen LogP contribution in [-0.2, 0) is 0 Å². The molecule has 0 aliphatic rings. The minimum absolute atomic E-state index is 1.13. The molecule has 57 heavy (non-hydrogen) atoms. The molecule has 0 heterocycles. The monoisotopic (exact) mass is 719 g/mol. The molecule has 1 heteroatoms. The van der Waals surface area contributed by atoms with Crippen LogP contribution in [0.2, 0.25) is 0 Å². The molecule has 13 aromatic rings. The first-order valence-corrected chi connectivity index (χ1v) is 19.8. The SMILES string of the molecule is c1ccc2c(c1)cc(N(c1cc3ccc4cccc5c6cccc7ccc8cccc(c(c1)c3c45)c8c76)c1cc3ccccc3c3ccccc13)c1ccccc12. The summed E-state index contributed by atoms with van der Waals surface area (Å²) in [5.74, 6) is 0. The van der Waals surface area contributed by atoms with Crippen LogP contribution in [-0.4, -0.2) is 0 Å². The van der Waals surface area contributed by atoms with Crippen molar-refractivity contribution < 1.29 is 0 Å². The van der Waals surface area contributed by atoms with Gasteiger partial charge in [0.1, 0.15) is 0 Å². The maximum absolute atomic E-state index is 2.56. The van der Waals surface area contributed by atoms with Crippen LogP contribution in [0.1, 0.15) is 0 Å². The molecule has 262 valence electrons. The zero-order chi connectivity index (χ0) is 37.2. The highest BCUT2D eigenvalue weighted by Gasteiger charge is 2.23. The molecule has 0 saturated heterocycles. The van der Waals surface area contributed by atoms with E-state index in [1.807, 2.05) is 0 Å². The lowest BCUT2D eigenvalue weighted by molar-refractivity contribution is 1.33. The smallest absolute Gasteiger partial charge is 0.0546 e. The standard InChI is InChI=1S/C56H33N/c1-3-17-41-37(12-1)31-51(45-21-7-5-19-43(41)45)57(52-32-38-13-2-4-18-42(38)44-20-6-8-22-46(44)52)40-30-39-29-28-36-15-10-24-48-47-23-9-14-34-26-27-35-16-11-25-49(55(35)53(34)47)50(33-40)56(39)54(36)48/h1-33H. The first-order valence-electron chi connectivity index (χ1n) is 19.8. The Morgan fingerprint density at radius 1 is 0.211 bits per heavy atom. The summed E-state index contributed by atoms with van der Waals surface area (Å²) in [6, 6.07) is 75.0. The number of fused-ring (bicyclic) bond motifs is 8. The molecule has 0 aliphatic carbocycles. The summed E-state index contributed by atoms with van der Waals surface area (Å²) in [5.41, 5.74) is 3.46. The fourth-order valence-electron chi connectivity index (χ4n) is 10.2. The quantitative estimate of drug-likeness (QED) is 0.164. The number of hydrogen-bond donors (Lipinski definition) is 0. The zero-order valence-corrected chi connectivity index (χ0v) is 31.0. The maximum Gasteiger partial charge on any atom is 0.0546 e. The lowest BCUT2D eigenvalue weighted by Gasteiger charge is -2.30. The lowest BCUT2D eigenvalue weighted by Crippen LogP contribution is -2.11. The average Bonchev–Trinajstić information content (AvgIpc) is 3.27. The highest BCUT2D eigenvalue weighted by Crippen LogP contribution is 2.49. The van der Waals surface area contributed by atoms with Gasteiger partial charge < -0.3 is 4.90 Å². The Kier molecular flexibility index (Phi) is 6.23. The van der Waals surface area contributed by atoms with E-state index >= 15 is 0 Å². The minimum atomic E-state index is 1.13. The van der Waals surface area contributed by atoms with Gasteiger partial charge in [0.25, 0.3) is 0 Å². The third-order valence-corrected chi connectivity index (χ3v) is 12.6. The second kappa shape index (κ2) is 11.5. The van der Waals surface area contributed by atoms with Crippen molar-refractivity contribution in [3.05, 3.63) is 200 Å². The Hall–Kier alpha value is -7.48. The molecule has 0 unspecified atom stereocenters. The molecule has 0 amide bonds. The van der Waals surface area contributed by atoms with Gasteiger partial charge in [-0.3, -0.25) is 0 Å². The second-order valence-corrected chi connectivity index (χ2v) is 15.6. The lowest BCUT2D eigenvalue weighted by atomic mass is 9.87. The molecule has 0 aliphatic heterocycles. The van der Waals surface area contributed by atoms with Gasteiger partial charge >= 0.3 is 0 Å². The van der Waals surface area contributed by atoms with Crippen LogP contribution >= 0.6 is 0 Å². The second-order valence-electron chi connectivity index (χ2n) is 15.6. The summed E-state index contributed by atoms with van der Waals surface area (Å²) in [5, 5.41) is 25.3. The van der Waals surface area contributed by atoms with Crippen LogP contribution in [0.5, 0.6) is 0 Å². The van der Waals surface area contributed by atoms with Crippen molar-refractivity contribution >= 4 is 125 Å². The zero-order valence-electron chi connectivity index (χ0n) is 31.0. The molecular weight excluding hydrogens is 687 g/mol. The fraction of sp³-hybridized carbons (Fsp3) is 0. The molecule has 0 bridgehead atoms. The minimum Gasteiger partial charge on any atom is -0.309 e. The van der Waals surface area contributed by atoms with Gasteiger partial charge in [0, 0.05) is 16.5 Å². The summed E-state index contributed by atoms with van der Waals surface area (Å²) in [7, 11) is 0. The molecule has 0 atom stereocenters. The summed E-state index contributed by atoms with van der Waals surface area (Å²) >= 11 is 0. The molecule has 0 spiro atoms. The van der Waals surface area contributed by atoms with E-state index < -0.39 is 0 Å². The molecule has 1 nitrogen and oxygen atoms in total. The van der Waals surface area contributed by atoms with Gasteiger partial charge in [0.05, 0.1) is 11.4 Å². The molecule has 0 N–H and O–H groups in total. The molecule has 0 aromatic heterocycles. The largest absolute Gasteiger partial charge is 0.309 e. The van der Waals surface area contributed by atoms with Crippen LogP contribution in [0.15, 0.2) is 200 Å². The molecule has 13 aromatic carbocycles. The highest BCUT2D eigenvalue weighted by molar-refractivity contribution is 6.37. The van der Waals surface area contributed by atoms with Gasteiger partial charge in [0.15, 0.2) is 0 Å². The van der Waals surface area contributed by atoms with Gasteiger partial charge in [-0.1, -0.05) is 176 Å². The van der Waals surface area contributed by atoms with Crippen molar-refractivity contribution in [2.24, 2.45) is 0 Å². The van der Waals surface area contributed by atoms with E-state index in [-0.39, 0.29) is 0 Å². The average molecular weight is 720 g/mol. The van der Waals surface area contributed by atoms with Crippen LogP contribution in [0.4, 0.5) is 17.1 Å². The topological polar surface area (TPSA) is 3.24 Å². The third kappa shape index (κ3) is 4.29. The van der Waals surface area contributed by atoms with Crippen LogP contribution in [0.25, 0.3) is 108 Å². The van der Waals surface area contributed by atoms with Gasteiger partial charge in [-0.05, 0) is 121 Å². The number of rotatable bonds is 3. The van der Waals surface area contributed by atoms with Gasteiger partial charge in [-0.15, -0.1) is 0 Å². The Balaban J connectivity index is 1.27. The van der Waals surface area contributed by atoms with Crippen molar-refractivity contribution in [1.82, 2.24) is 0 Å². The molecule has 0 radical (unpaired) electrons. The van der Waals surface area contributed by atoms with Crippen molar-refractivity contribution in [3.63, 3.8) is 0 Å². The van der Waals surface area contributed by atoms with E-state index in [0.29, 0.717) is 0 Å². The van der Waals surface area contributed by atoms with Gasteiger partial charge in [-0.25, -0.2) is 0 Å². The van der Waals surface area contributed by atoms with Crippen molar-refractivity contribution in [2.45, 2.75) is 0 Å². The molecule has 13 rings (SSSR count).